The third-order valence-corrected chi connectivity index (χ3v) is 1.45. The van der Waals surface area contributed by atoms with Crippen molar-refractivity contribution in [3.8, 4) is 0 Å². The fourth-order valence-corrected chi connectivity index (χ4v) is 0.874. The van der Waals surface area contributed by atoms with Crippen LogP contribution in [0.15, 0.2) is 11.6 Å². The molecule has 0 unspecified atom stereocenters. The molecular formula is C9H16N2O3. The molecule has 0 saturated carbocycles. The summed E-state index contributed by atoms with van der Waals surface area (Å²) in [7, 11) is 0. The van der Waals surface area contributed by atoms with Gasteiger partial charge in [-0.15, -0.1) is 0 Å². The fraction of sp³-hybridized carbons (Fsp3) is 0.556. The van der Waals surface area contributed by atoms with Crippen LogP contribution in [0.5, 0.6) is 0 Å². The summed E-state index contributed by atoms with van der Waals surface area (Å²) in [5, 5.41) is 14.0. The molecule has 0 aromatic carbocycles. The van der Waals surface area contributed by atoms with E-state index in [4.69, 9.17) is 5.11 Å². The van der Waals surface area contributed by atoms with Crippen LogP contribution in [0, 0.1) is 0 Å². The van der Waals surface area contributed by atoms with Crippen molar-refractivity contribution in [2.24, 2.45) is 0 Å². The summed E-state index contributed by atoms with van der Waals surface area (Å²) < 4.78 is 0. The van der Waals surface area contributed by atoms with Gasteiger partial charge in [-0.2, -0.15) is 0 Å². The SMILES string of the molecule is CC(=O)NCCNCC(C)=CC(=O)O. The molecule has 0 aliphatic heterocycles. The highest BCUT2D eigenvalue weighted by Gasteiger charge is 1.94. The predicted molar refractivity (Wildman–Crippen MR) is 52.9 cm³/mol. The van der Waals surface area contributed by atoms with Crippen LogP contribution >= 0.6 is 0 Å². The average Bonchev–Trinajstić information content (AvgIpc) is 2.01. The number of carboxylic acids is 1. The maximum absolute atomic E-state index is 10.5. The van der Waals surface area contributed by atoms with E-state index in [0.717, 1.165) is 11.6 Å². The largest absolute Gasteiger partial charge is 0.478 e. The third-order valence-electron chi connectivity index (χ3n) is 1.45. The highest BCUT2D eigenvalue weighted by molar-refractivity contribution is 5.80. The Bertz CT molecular complexity index is 236. The molecular weight excluding hydrogens is 184 g/mol. The number of carbonyl (C=O) groups excluding carboxylic acids is 1. The molecule has 0 aliphatic rings. The van der Waals surface area contributed by atoms with E-state index < -0.39 is 5.97 Å². The first-order valence-corrected chi connectivity index (χ1v) is 4.37. The molecule has 1 amide bonds. The number of carboxylic acid groups (broad SMARTS) is 1. The van der Waals surface area contributed by atoms with Gasteiger partial charge in [0.2, 0.25) is 5.91 Å². The monoisotopic (exact) mass is 200 g/mol. The van der Waals surface area contributed by atoms with Gasteiger partial charge in [0.15, 0.2) is 0 Å². The van der Waals surface area contributed by atoms with Gasteiger partial charge in [-0.05, 0) is 6.92 Å². The van der Waals surface area contributed by atoms with E-state index in [2.05, 4.69) is 10.6 Å². The number of hydrogen-bond acceptors (Lipinski definition) is 3. The number of hydrogen-bond donors (Lipinski definition) is 3. The van der Waals surface area contributed by atoms with Gasteiger partial charge in [0, 0.05) is 32.6 Å². The Hall–Kier alpha value is -1.36. The minimum absolute atomic E-state index is 0.0652. The van der Waals surface area contributed by atoms with Crippen LogP contribution < -0.4 is 10.6 Å². The minimum Gasteiger partial charge on any atom is -0.478 e. The molecule has 0 saturated heterocycles. The number of amides is 1. The van der Waals surface area contributed by atoms with Crippen LogP contribution in [0.3, 0.4) is 0 Å². The molecule has 80 valence electrons. The summed E-state index contributed by atoms with van der Waals surface area (Å²) >= 11 is 0. The van der Waals surface area contributed by atoms with E-state index in [9.17, 15) is 9.59 Å². The summed E-state index contributed by atoms with van der Waals surface area (Å²) in [6, 6.07) is 0. The molecule has 0 bridgehead atoms. The predicted octanol–water partition coefficient (Wildman–Crippen LogP) is -0.257. The first-order valence-electron chi connectivity index (χ1n) is 4.37. The van der Waals surface area contributed by atoms with Gasteiger partial charge in [-0.3, -0.25) is 4.79 Å². The van der Waals surface area contributed by atoms with Crippen LogP contribution in [-0.2, 0) is 9.59 Å². The van der Waals surface area contributed by atoms with Gasteiger partial charge >= 0.3 is 5.97 Å². The van der Waals surface area contributed by atoms with Crippen molar-refractivity contribution >= 4 is 11.9 Å². The highest BCUT2D eigenvalue weighted by Crippen LogP contribution is 1.88. The average molecular weight is 200 g/mol. The maximum atomic E-state index is 10.5. The lowest BCUT2D eigenvalue weighted by atomic mass is 10.3. The molecule has 0 aliphatic carbocycles. The Morgan fingerprint density at radius 2 is 1.93 bits per heavy atom. The molecule has 0 spiro atoms. The lowest BCUT2D eigenvalue weighted by molar-refractivity contribution is -0.131. The van der Waals surface area contributed by atoms with Crippen molar-refractivity contribution in [2.75, 3.05) is 19.6 Å². The fourth-order valence-electron chi connectivity index (χ4n) is 0.874. The summed E-state index contributed by atoms with van der Waals surface area (Å²) in [4.78, 5) is 20.7. The highest BCUT2D eigenvalue weighted by atomic mass is 16.4. The van der Waals surface area contributed by atoms with E-state index >= 15 is 0 Å². The van der Waals surface area contributed by atoms with Crippen molar-refractivity contribution in [1.82, 2.24) is 10.6 Å². The van der Waals surface area contributed by atoms with E-state index in [0.29, 0.717) is 19.6 Å². The zero-order valence-electron chi connectivity index (χ0n) is 8.46. The first kappa shape index (κ1) is 12.6. The second-order valence-corrected chi connectivity index (χ2v) is 2.99. The summed E-state index contributed by atoms with van der Waals surface area (Å²) in [6.45, 7) is 4.89. The molecule has 0 atom stereocenters. The van der Waals surface area contributed by atoms with E-state index in [1.807, 2.05) is 0 Å². The number of nitrogens with one attached hydrogen (secondary N) is 2. The second-order valence-electron chi connectivity index (χ2n) is 2.99. The van der Waals surface area contributed by atoms with Gasteiger partial charge < -0.3 is 15.7 Å². The molecule has 5 heteroatoms. The number of aliphatic carboxylic acids is 1. The van der Waals surface area contributed by atoms with E-state index in [-0.39, 0.29) is 5.91 Å². The van der Waals surface area contributed by atoms with Crippen LogP contribution in [-0.4, -0.2) is 36.6 Å². The number of carbonyl (C=O) groups is 2. The lowest BCUT2D eigenvalue weighted by Gasteiger charge is -2.04. The number of rotatable bonds is 6. The van der Waals surface area contributed by atoms with Crippen LogP contribution in [0.25, 0.3) is 0 Å². The van der Waals surface area contributed by atoms with E-state index in [1.54, 1.807) is 6.92 Å². The summed E-state index contributed by atoms with van der Waals surface area (Å²) in [5.74, 6) is -1.00. The first-order chi connectivity index (χ1) is 6.52. The molecule has 0 heterocycles. The van der Waals surface area contributed by atoms with Crippen molar-refractivity contribution in [3.63, 3.8) is 0 Å². The van der Waals surface area contributed by atoms with Crippen molar-refractivity contribution in [1.29, 1.82) is 0 Å². The van der Waals surface area contributed by atoms with Gasteiger partial charge in [0.05, 0.1) is 0 Å². The maximum Gasteiger partial charge on any atom is 0.328 e. The van der Waals surface area contributed by atoms with E-state index in [1.165, 1.54) is 6.92 Å². The molecule has 0 rings (SSSR count). The van der Waals surface area contributed by atoms with Gasteiger partial charge in [0.1, 0.15) is 0 Å². The van der Waals surface area contributed by atoms with Crippen LogP contribution in [0.2, 0.25) is 0 Å². The molecule has 3 N–H and O–H groups in total. The summed E-state index contributed by atoms with van der Waals surface area (Å²) in [6.07, 6.45) is 1.16. The Morgan fingerprint density at radius 1 is 1.29 bits per heavy atom. The quantitative estimate of drug-likeness (QED) is 0.408. The third kappa shape index (κ3) is 8.73. The van der Waals surface area contributed by atoms with Crippen LogP contribution in [0.4, 0.5) is 0 Å². The molecule has 5 nitrogen and oxygen atoms in total. The topological polar surface area (TPSA) is 78.4 Å². The zero-order valence-corrected chi connectivity index (χ0v) is 8.46. The Kier molecular flexibility index (Phi) is 6.39. The summed E-state index contributed by atoms with van der Waals surface area (Å²) in [5.41, 5.74) is 0.750. The van der Waals surface area contributed by atoms with Crippen molar-refractivity contribution < 1.29 is 14.7 Å². The van der Waals surface area contributed by atoms with Gasteiger partial charge in [-0.25, -0.2) is 4.79 Å². The van der Waals surface area contributed by atoms with Crippen molar-refractivity contribution in [2.45, 2.75) is 13.8 Å². The normalized spacial score (nSPS) is 11.1. The molecule has 0 radical (unpaired) electrons. The molecule has 0 fully saturated rings. The Balaban J connectivity index is 3.45. The zero-order chi connectivity index (χ0) is 11.0. The molecule has 0 aromatic heterocycles. The minimum atomic E-state index is -0.939. The molecule has 0 aromatic rings. The molecule has 14 heavy (non-hydrogen) atoms. The standard InChI is InChI=1S/C9H16N2O3/c1-7(5-9(13)14)6-10-3-4-11-8(2)12/h5,10H,3-4,6H2,1-2H3,(H,11,12)(H,13,14). The lowest BCUT2D eigenvalue weighted by Crippen LogP contribution is -2.30. The second kappa shape index (κ2) is 7.08. The van der Waals surface area contributed by atoms with Crippen LogP contribution in [0.1, 0.15) is 13.8 Å². The smallest absolute Gasteiger partial charge is 0.328 e. The Morgan fingerprint density at radius 3 is 2.43 bits per heavy atom. The Labute approximate surface area is 83.2 Å². The van der Waals surface area contributed by atoms with Gasteiger partial charge in [0.25, 0.3) is 0 Å². The van der Waals surface area contributed by atoms with Gasteiger partial charge in [-0.1, -0.05) is 5.57 Å². The van der Waals surface area contributed by atoms with Crippen molar-refractivity contribution in [3.05, 3.63) is 11.6 Å².